The van der Waals surface area contributed by atoms with Crippen molar-refractivity contribution in [1.29, 1.82) is 0 Å². The van der Waals surface area contributed by atoms with E-state index in [1.54, 1.807) is 48.5 Å². The van der Waals surface area contributed by atoms with Gasteiger partial charge >= 0.3 is 5.97 Å². The molecule has 0 bridgehead atoms. The Morgan fingerprint density at radius 1 is 0.533 bits per heavy atom. The molecule has 0 unspecified atom stereocenters. The van der Waals surface area contributed by atoms with Gasteiger partial charge in [0.25, 0.3) is 0 Å². The Balaban J connectivity index is 3.39. The molecule has 512 valence electrons. The van der Waals surface area contributed by atoms with Crippen molar-refractivity contribution in [2.45, 2.75) is 207 Å². The molecule has 1 heterocycles. The van der Waals surface area contributed by atoms with Gasteiger partial charge in [0.05, 0.1) is 13.2 Å². The number of aliphatic imine (C=N–C) groups is 2. The van der Waals surface area contributed by atoms with Gasteiger partial charge in [0.1, 0.15) is 66.5 Å². The zero-order valence-electron chi connectivity index (χ0n) is 54.0. The van der Waals surface area contributed by atoms with Gasteiger partial charge < -0.3 is 96.9 Å². The number of aliphatic hydroxyl groups is 1. The van der Waals surface area contributed by atoms with Crippen LogP contribution in [0.2, 0.25) is 0 Å². The summed E-state index contributed by atoms with van der Waals surface area (Å²) in [6.45, 7) is 17.7. The van der Waals surface area contributed by atoms with Gasteiger partial charge in [0.15, 0.2) is 11.9 Å². The molecule has 0 aliphatic carbocycles. The Morgan fingerprint density at radius 3 is 1.41 bits per heavy atom. The smallest absolute Gasteiger partial charge is 0.326 e. The first-order valence-electron chi connectivity index (χ1n) is 30.8. The maximum absolute atomic E-state index is 14.2. The van der Waals surface area contributed by atoms with E-state index in [0.29, 0.717) is 25.7 Å². The maximum Gasteiger partial charge on any atom is 0.326 e. The number of aliphatic hydroxyl groups excluding tert-OH is 1. The predicted molar refractivity (Wildman–Crippen MR) is 340 cm³/mol. The van der Waals surface area contributed by atoms with Crippen LogP contribution in [-0.2, 0) is 57.5 Å². The van der Waals surface area contributed by atoms with E-state index in [-0.39, 0.29) is 94.4 Å². The van der Waals surface area contributed by atoms with Gasteiger partial charge in [-0.25, -0.2) is 4.79 Å². The Bertz CT molecular complexity index is 2480. The fourth-order valence-corrected chi connectivity index (χ4v) is 9.74. The second-order valence-electron chi connectivity index (χ2n) is 23.9. The summed E-state index contributed by atoms with van der Waals surface area (Å²) in [6.07, 6.45) is 1.90. The van der Waals surface area contributed by atoms with Gasteiger partial charge in [-0.15, -0.1) is 0 Å². The highest BCUT2D eigenvalue weighted by atomic mass is 32.1. The maximum atomic E-state index is 14.2. The summed E-state index contributed by atoms with van der Waals surface area (Å²) in [5.74, 6) is -12.6. The number of nitrogens with one attached hydrogen (secondary N) is 10. The van der Waals surface area contributed by atoms with Gasteiger partial charge in [0.2, 0.25) is 65.0 Å². The molecule has 1 rings (SSSR count). The second kappa shape index (κ2) is 41.0. The van der Waals surface area contributed by atoms with Crippen molar-refractivity contribution in [2.24, 2.45) is 68.2 Å². The number of thiol groups is 1. The van der Waals surface area contributed by atoms with Gasteiger partial charge in [0, 0.05) is 25.4 Å². The average molecular weight is 1300 g/mol. The van der Waals surface area contributed by atoms with E-state index in [9.17, 15) is 67.7 Å². The topological polar surface area (TPSA) is 524 Å². The minimum Gasteiger partial charge on any atom is -0.480 e. The van der Waals surface area contributed by atoms with Crippen LogP contribution in [0, 0.1) is 29.6 Å². The molecule has 0 aromatic carbocycles. The number of carboxylic acids is 1. The molecular weight excluding hydrogens is 1190 g/mol. The van der Waals surface area contributed by atoms with E-state index in [1.807, 2.05) is 20.8 Å². The second-order valence-corrected chi connectivity index (χ2v) is 24.2. The number of carboxylic acid groups (broad SMARTS) is 1. The van der Waals surface area contributed by atoms with Crippen LogP contribution in [0.3, 0.4) is 0 Å². The molecule has 33 heteroatoms. The number of rotatable bonds is 41. The van der Waals surface area contributed by atoms with E-state index >= 15 is 0 Å². The number of amides is 11. The van der Waals surface area contributed by atoms with Crippen LogP contribution in [0.1, 0.15) is 140 Å². The molecule has 22 N–H and O–H groups in total. The van der Waals surface area contributed by atoms with E-state index in [2.05, 4.69) is 75.8 Å². The van der Waals surface area contributed by atoms with Crippen molar-refractivity contribution in [3.05, 3.63) is 0 Å². The molecule has 90 heavy (non-hydrogen) atoms. The van der Waals surface area contributed by atoms with Crippen LogP contribution in [-0.4, -0.2) is 203 Å². The van der Waals surface area contributed by atoms with Crippen LogP contribution in [0.15, 0.2) is 9.98 Å². The molecule has 0 aromatic rings. The highest BCUT2D eigenvalue weighted by Crippen LogP contribution is 2.23. The molecule has 1 fully saturated rings. The Labute approximate surface area is 533 Å². The van der Waals surface area contributed by atoms with E-state index in [4.69, 9.17) is 28.7 Å². The van der Waals surface area contributed by atoms with E-state index in [0.717, 1.165) is 0 Å². The average Bonchev–Trinajstić information content (AvgIpc) is 1.84. The lowest BCUT2D eigenvalue weighted by Crippen LogP contribution is -2.61. The summed E-state index contributed by atoms with van der Waals surface area (Å²) in [5.41, 5.74) is 27.5. The van der Waals surface area contributed by atoms with Crippen LogP contribution in [0.4, 0.5) is 0 Å². The van der Waals surface area contributed by atoms with E-state index < -0.39 is 162 Å². The molecule has 0 saturated carbocycles. The highest BCUT2D eigenvalue weighted by Gasteiger charge is 2.41. The van der Waals surface area contributed by atoms with Gasteiger partial charge in [-0.3, -0.25) is 62.7 Å². The number of guanidine groups is 2. The molecule has 13 atom stereocenters. The number of hydrogen-bond donors (Lipinski definition) is 18. The van der Waals surface area contributed by atoms with Crippen molar-refractivity contribution < 1.29 is 67.7 Å². The summed E-state index contributed by atoms with van der Waals surface area (Å²) in [4.78, 5) is 173. The lowest BCUT2D eigenvalue weighted by molar-refractivity contribution is -0.144. The van der Waals surface area contributed by atoms with Crippen molar-refractivity contribution >= 4 is 95.5 Å². The Hall–Kier alpha value is -7.55. The number of nitrogens with two attached hydrogens (primary N) is 5. The molecule has 1 aliphatic heterocycles. The number of carbonyl (C=O) groups excluding carboxylic acids is 11. The SMILES string of the molecule is CC[C@H](C)[C@H](NC(=O)[C@H](CC(C)C)NC(=O)[C@H](CCCN=C(N)N)NC(=O)[C@H](CO)NC(=O)[C@H](CS)NC(=O)[C@H](CCCN=C(N)N)NC(=O)[C@@H](NC(=O)[C@H](C)NC(=O)[C@H](CC(C)C)NC(=O)[C@@H]1CCCN1C(=O)[C@@H](NC(=O)CN)[C@@H](C)CC)C(C)C)C(=O)O. The zero-order chi connectivity index (χ0) is 68.7. The summed E-state index contributed by atoms with van der Waals surface area (Å²) < 4.78 is 0. The molecule has 0 radical (unpaired) electrons. The molecule has 32 nitrogen and oxygen atoms in total. The standard InChI is InChI=1S/C57H104N18O14S/c1-12-31(9)43(72-41(77)25-58)54(87)75-22-16-19-40(75)52(85)69-36(23-28(3)4)48(81)65-33(11)45(78)73-42(30(7)8)53(86)67-35(18-15-21-64-57(61)62)47(80)71-39(27-90)51(84)70-38(26-76)50(83)66-34(17-14-20-63-56(59)60)46(79)68-37(24-29(5)6)49(82)74-44(55(88)89)32(10)13-2/h28-40,42-44,76,90H,12-27,58H2,1-11H3,(H,65,81)(H,66,83)(H,67,86)(H,68,79)(H,69,85)(H,70,84)(H,71,80)(H,72,77)(H,73,78)(H,74,82)(H,88,89)(H4,59,60,63)(H4,61,62,64)/t31-,32-,33-,34-,35-,36-,37-,38-,39-,40-,42-,43-,44-/m0/s1. The van der Waals surface area contributed by atoms with Gasteiger partial charge in [-0.2, -0.15) is 12.6 Å². The lowest BCUT2D eigenvalue weighted by atomic mass is 9.97. The third-order valence-corrected chi connectivity index (χ3v) is 15.4. The summed E-state index contributed by atoms with van der Waals surface area (Å²) in [7, 11) is 0. The number of aliphatic carboxylic acids is 1. The van der Waals surface area contributed by atoms with Crippen molar-refractivity contribution in [3.63, 3.8) is 0 Å². The molecule has 1 aliphatic rings. The predicted octanol–water partition coefficient (Wildman–Crippen LogP) is -4.24. The Kier molecular flexibility index (Phi) is 36.6. The Morgan fingerprint density at radius 2 is 0.956 bits per heavy atom. The zero-order valence-corrected chi connectivity index (χ0v) is 54.9. The quantitative estimate of drug-likeness (QED) is 0.0119. The number of nitrogens with zero attached hydrogens (tertiary/aromatic N) is 3. The van der Waals surface area contributed by atoms with Crippen LogP contribution >= 0.6 is 12.6 Å². The van der Waals surface area contributed by atoms with Gasteiger partial charge in [-0.05, 0) is 87.9 Å². The van der Waals surface area contributed by atoms with Crippen molar-refractivity contribution in [2.75, 3.05) is 38.5 Å². The minimum atomic E-state index is -1.75. The van der Waals surface area contributed by atoms with Crippen LogP contribution in [0.5, 0.6) is 0 Å². The highest BCUT2D eigenvalue weighted by molar-refractivity contribution is 7.80. The number of hydrogen-bond acceptors (Lipinski definition) is 17. The van der Waals surface area contributed by atoms with E-state index in [1.165, 1.54) is 11.8 Å². The molecule has 0 spiro atoms. The summed E-state index contributed by atoms with van der Waals surface area (Å²) in [6, 6.07) is -14.4. The number of likely N-dealkylation sites (tertiary alicyclic amines) is 1. The summed E-state index contributed by atoms with van der Waals surface area (Å²) in [5, 5.41) is 45.9. The molecule has 11 amide bonds. The monoisotopic (exact) mass is 1300 g/mol. The van der Waals surface area contributed by atoms with Crippen LogP contribution < -0.4 is 81.8 Å². The first kappa shape index (κ1) is 80.5. The molecular formula is C57H104N18O14S. The van der Waals surface area contributed by atoms with Crippen molar-refractivity contribution in [1.82, 2.24) is 58.1 Å². The third kappa shape index (κ3) is 28.1. The first-order chi connectivity index (χ1) is 42.2. The normalized spacial score (nSPS) is 16.9. The largest absolute Gasteiger partial charge is 0.480 e. The van der Waals surface area contributed by atoms with Crippen LogP contribution in [0.25, 0.3) is 0 Å². The molecule has 0 aromatic heterocycles. The van der Waals surface area contributed by atoms with Gasteiger partial charge in [-0.1, -0.05) is 82.1 Å². The fraction of sp³-hybridized carbons (Fsp3) is 0.754. The van der Waals surface area contributed by atoms with Crippen molar-refractivity contribution in [3.8, 4) is 0 Å². The number of carbonyl (C=O) groups is 12. The minimum absolute atomic E-state index is 0.00149. The molecule has 1 saturated heterocycles. The first-order valence-corrected chi connectivity index (χ1v) is 31.4. The third-order valence-electron chi connectivity index (χ3n) is 15.1. The summed E-state index contributed by atoms with van der Waals surface area (Å²) >= 11 is 4.24. The lowest BCUT2D eigenvalue weighted by Gasteiger charge is -2.32. The fourth-order valence-electron chi connectivity index (χ4n) is 9.48.